The molecular weight excluding hydrogens is 196 g/mol. The van der Waals surface area contributed by atoms with Crippen molar-refractivity contribution in [2.75, 3.05) is 0 Å². The van der Waals surface area contributed by atoms with Crippen LogP contribution in [0.2, 0.25) is 0 Å². The van der Waals surface area contributed by atoms with E-state index < -0.39 is 0 Å². The fourth-order valence-corrected chi connectivity index (χ4v) is 1.66. The first kappa shape index (κ1) is 9.66. The van der Waals surface area contributed by atoms with Crippen molar-refractivity contribution in [1.29, 1.82) is 0 Å². The van der Waals surface area contributed by atoms with E-state index >= 15 is 0 Å². The maximum Gasteiger partial charge on any atom is 0.133 e. The van der Waals surface area contributed by atoms with E-state index in [-0.39, 0.29) is 5.41 Å². The van der Waals surface area contributed by atoms with Gasteiger partial charge in [0.15, 0.2) is 0 Å². The van der Waals surface area contributed by atoms with Gasteiger partial charge in [-0.15, -0.1) is 0 Å². The van der Waals surface area contributed by atoms with E-state index in [1.165, 1.54) is 5.56 Å². The average molecular weight is 209 g/mol. The molecule has 2 rings (SSSR count). The zero-order valence-corrected chi connectivity index (χ0v) is 9.39. The van der Waals surface area contributed by atoms with Gasteiger partial charge in [0.25, 0.3) is 0 Å². The van der Waals surface area contributed by atoms with Crippen LogP contribution in [0.15, 0.2) is 17.3 Å². The van der Waals surface area contributed by atoms with Crippen molar-refractivity contribution in [3.63, 3.8) is 0 Å². The number of fused-ring (bicyclic) bond motifs is 1. The van der Waals surface area contributed by atoms with Crippen LogP contribution in [0.3, 0.4) is 0 Å². The number of hydrogen-bond donors (Lipinski definition) is 0. The van der Waals surface area contributed by atoms with Gasteiger partial charge in [-0.05, 0) is 17.0 Å². The molecule has 0 bridgehead atoms. The summed E-state index contributed by atoms with van der Waals surface area (Å²) in [6.07, 6.45) is 1.92. The third-order valence-corrected chi connectivity index (χ3v) is 2.75. The first-order valence-corrected chi connectivity index (χ1v) is 5.06. The Hall–Kier alpha value is -0.890. The molecule has 0 unspecified atom stereocenters. The molecule has 74 valence electrons. The first-order chi connectivity index (χ1) is 6.48. The highest BCUT2D eigenvalue weighted by Crippen LogP contribution is 2.26. The van der Waals surface area contributed by atoms with Crippen molar-refractivity contribution in [3.8, 4) is 0 Å². The molecule has 0 aromatic carbocycles. The summed E-state index contributed by atoms with van der Waals surface area (Å²) < 4.78 is 0. The van der Waals surface area contributed by atoms with Gasteiger partial charge < -0.3 is 0 Å². The fraction of sp³-hybridized carbons (Fsp3) is 0.455. The molecule has 1 aromatic rings. The van der Waals surface area contributed by atoms with Gasteiger partial charge in [0, 0.05) is 11.8 Å². The molecule has 1 aromatic heterocycles. The Morgan fingerprint density at radius 1 is 1.36 bits per heavy atom. The molecule has 0 saturated carbocycles. The summed E-state index contributed by atoms with van der Waals surface area (Å²) in [5.74, 6) is 0. The highest BCUT2D eigenvalue weighted by atomic mass is 35.5. The molecule has 1 aliphatic rings. The van der Waals surface area contributed by atoms with E-state index in [0.29, 0.717) is 11.7 Å². The van der Waals surface area contributed by atoms with Crippen molar-refractivity contribution >= 4 is 16.8 Å². The maximum atomic E-state index is 5.97. The van der Waals surface area contributed by atoms with Crippen LogP contribution >= 0.6 is 11.6 Å². The number of rotatable bonds is 0. The average Bonchev–Trinajstić information content (AvgIpc) is 2.46. The molecule has 0 atom stereocenters. The second kappa shape index (κ2) is 3.06. The molecule has 0 saturated heterocycles. The zero-order valence-electron chi connectivity index (χ0n) is 8.63. The summed E-state index contributed by atoms with van der Waals surface area (Å²) in [7, 11) is 0. The van der Waals surface area contributed by atoms with Crippen molar-refractivity contribution in [3.05, 3.63) is 29.1 Å². The van der Waals surface area contributed by atoms with Crippen LogP contribution < -0.4 is 0 Å². The number of aliphatic imine (C=N–C) groups is 1. The molecule has 0 radical (unpaired) electrons. The largest absolute Gasteiger partial charge is 0.266 e. The lowest BCUT2D eigenvalue weighted by atomic mass is 9.87. The summed E-state index contributed by atoms with van der Waals surface area (Å²) in [5, 5.41) is 0.596. The SMILES string of the molecule is CC(C)(C)c1cnc2c(c1)C(Cl)=NC2. The number of pyridine rings is 1. The fourth-order valence-electron chi connectivity index (χ4n) is 1.44. The van der Waals surface area contributed by atoms with Gasteiger partial charge in [0.1, 0.15) is 5.17 Å². The lowest BCUT2D eigenvalue weighted by molar-refractivity contribution is 0.586. The van der Waals surface area contributed by atoms with Gasteiger partial charge in [-0.1, -0.05) is 32.4 Å². The van der Waals surface area contributed by atoms with Crippen LogP contribution in [0.1, 0.15) is 37.6 Å². The molecule has 14 heavy (non-hydrogen) atoms. The minimum Gasteiger partial charge on any atom is -0.266 e. The number of hydrogen-bond acceptors (Lipinski definition) is 2. The number of halogens is 1. The van der Waals surface area contributed by atoms with Gasteiger partial charge in [0.2, 0.25) is 0 Å². The molecule has 0 spiro atoms. The Morgan fingerprint density at radius 2 is 2.07 bits per heavy atom. The van der Waals surface area contributed by atoms with Crippen LogP contribution in [-0.4, -0.2) is 10.2 Å². The van der Waals surface area contributed by atoms with Crippen molar-refractivity contribution in [2.45, 2.75) is 32.7 Å². The standard InChI is InChI=1S/C11H13ClN2/c1-11(2,3)7-4-8-9(13-5-7)6-14-10(8)12/h4-5H,6H2,1-3H3. The van der Waals surface area contributed by atoms with Crippen LogP contribution in [0.5, 0.6) is 0 Å². The summed E-state index contributed by atoms with van der Waals surface area (Å²) in [4.78, 5) is 8.52. The summed E-state index contributed by atoms with van der Waals surface area (Å²) in [6.45, 7) is 7.11. The quantitative estimate of drug-likeness (QED) is 0.644. The predicted octanol–water partition coefficient (Wildman–Crippen LogP) is 2.88. The van der Waals surface area contributed by atoms with E-state index in [1.807, 2.05) is 6.20 Å². The van der Waals surface area contributed by atoms with E-state index in [1.54, 1.807) is 0 Å². The predicted molar refractivity (Wildman–Crippen MR) is 59.0 cm³/mol. The Kier molecular flexibility index (Phi) is 2.11. The summed E-state index contributed by atoms with van der Waals surface area (Å²) >= 11 is 5.97. The monoisotopic (exact) mass is 208 g/mol. The minimum atomic E-state index is 0.113. The van der Waals surface area contributed by atoms with Gasteiger partial charge in [-0.25, -0.2) is 0 Å². The Bertz CT molecular complexity index is 402. The van der Waals surface area contributed by atoms with Gasteiger partial charge >= 0.3 is 0 Å². The summed E-state index contributed by atoms with van der Waals surface area (Å²) in [6, 6.07) is 2.10. The van der Waals surface area contributed by atoms with Gasteiger partial charge in [-0.2, -0.15) is 0 Å². The molecule has 0 amide bonds. The van der Waals surface area contributed by atoms with E-state index in [2.05, 4.69) is 36.8 Å². The summed E-state index contributed by atoms with van der Waals surface area (Å²) in [5.41, 5.74) is 3.30. The minimum absolute atomic E-state index is 0.113. The smallest absolute Gasteiger partial charge is 0.133 e. The Balaban J connectivity index is 2.50. The van der Waals surface area contributed by atoms with E-state index in [9.17, 15) is 0 Å². The van der Waals surface area contributed by atoms with E-state index in [4.69, 9.17) is 11.6 Å². The highest BCUT2D eigenvalue weighted by molar-refractivity contribution is 6.70. The molecule has 2 nitrogen and oxygen atoms in total. The highest BCUT2D eigenvalue weighted by Gasteiger charge is 2.20. The van der Waals surface area contributed by atoms with Crippen LogP contribution in [0.4, 0.5) is 0 Å². The van der Waals surface area contributed by atoms with Gasteiger partial charge in [-0.3, -0.25) is 9.98 Å². The van der Waals surface area contributed by atoms with Crippen molar-refractivity contribution in [2.24, 2.45) is 4.99 Å². The Morgan fingerprint density at radius 3 is 2.71 bits per heavy atom. The van der Waals surface area contributed by atoms with Gasteiger partial charge in [0.05, 0.1) is 12.2 Å². The maximum absolute atomic E-state index is 5.97. The molecule has 0 aliphatic carbocycles. The second-order valence-electron chi connectivity index (χ2n) is 4.58. The molecule has 1 aliphatic heterocycles. The van der Waals surface area contributed by atoms with Crippen LogP contribution in [0.25, 0.3) is 0 Å². The second-order valence-corrected chi connectivity index (χ2v) is 4.93. The molecule has 2 heterocycles. The topological polar surface area (TPSA) is 25.2 Å². The Labute approximate surface area is 89.0 Å². The molecule has 0 N–H and O–H groups in total. The number of nitrogens with zero attached hydrogens (tertiary/aromatic N) is 2. The molecule has 0 fully saturated rings. The lowest BCUT2D eigenvalue weighted by Crippen LogP contribution is -2.12. The molecule has 3 heteroatoms. The third-order valence-electron chi connectivity index (χ3n) is 2.43. The normalized spacial score (nSPS) is 15.3. The van der Waals surface area contributed by atoms with E-state index in [0.717, 1.165) is 11.3 Å². The third kappa shape index (κ3) is 1.55. The zero-order chi connectivity index (χ0) is 10.3. The lowest BCUT2D eigenvalue weighted by Gasteiger charge is -2.19. The first-order valence-electron chi connectivity index (χ1n) is 4.68. The van der Waals surface area contributed by atoms with Crippen LogP contribution in [0, 0.1) is 0 Å². The number of aromatic nitrogens is 1. The van der Waals surface area contributed by atoms with Crippen molar-refractivity contribution < 1.29 is 0 Å². The van der Waals surface area contributed by atoms with Crippen molar-refractivity contribution in [1.82, 2.24) is 4.98 Å². The molecular formula is C11H13ClN2. The van der Waals surface area contributed by atoms with Crippen LogP contribution in [-0.2, 0) is 12.0 Å².